The molecule has 0 amide bonds. The Kier molecular flexibility index (Phi) is 6.17. The molecule has 0 bridgehead atoms. The summed E-state index contributed by atoms with van der Waals surface area (Å²) >= 11 is 5.80. The van der Waals surface area contributed by atoms with Crippen molar-refractivity contribution in [1.29, 1.82) is 0 Å². The van der Waals surface area contributed by atoms with E-state index in [1.807, 2.05) is 0 Å². The van der Waals surface area contributed by atoms with Crippen molar-refractivity contribution in [3.8, 4) is 17.2 Å². The molecule has 0 aromatic heterocycles. The van der Waals surface area contributed by atoms with Crippen molar-refractivity contribution >= 4 is 33.4 Å². The lowest BCUT2D eigenvalue weighted by atomic mass is 10.2. The number of hydrogen-bond donors (Lipinski definition) is 1. The first-order chi connectivity index (χ1) is 11.9. The number of benzene rings is 2. The summed E-state index contributed by atoms with van der Waals surface area (Å²) in [6.07, 6.45) is 1.47. The van der Waals surface area contributed by atoms with Crippen LogP contribution in [0.1, 0.15) is 5.56 Å². The lowest BCUT2D eigenvalue weighted by Gasteiger charge is -2.14. The van der Waals surface area contributed by atoms with E-state index in [-0.39, 0.29) is 5.69 Å². The van der Waals surface area contributed by atoms with E-state index in [1.54, 1.807) is 24.3 Å². The van der Waals surface area contributed by atoms with E-state index in [1.165, 1.54) is 39.5 Å². The molecule has 2 rings (SSSR count). The van der Waals surface area contributed by atoms with Crippen LogP contribution in [-0.4, -0.2) is 29.7 Å². The van der Waals surface area contributed by atoms with Crippen LogP contribution in [0.5, 0.6) is 17.2 Å². The average Bonchev–Trinajstić information content (AvgIpc) is 2.60. The third-order valence-electron chi connectivity index (χ3n) is 3.23. The maximum atomic E-state index is 12.3. The number of nitrogens with one attached hydrogen (secondary N) is 1. The van der Waals surface area contributed by atoms with Gasteiger partial charge in [0.1, 0.15) is 0 Å². The Morgan fingerprint density at radius 2 is 1.52 bits per heavy atom. The largest absolute Gasteiger partial charge is 0.493 e. The van der Waals surface area contributed by atoms with E-state index in [9.17, 15) is 8.42 Å². The highest BCUT2D eigenvalue weighted by molar-refractivity contribution is 7.95. The smallest absolute Gasteiger partial charge is 0.255 e. The molecule has 0 fully saturated rings. The summed E-state index contributed by atoms with van der Waals surface area (Å²) in [7, 11) is 0.652. The van der Waals surface area contributed by atoms with Crippen LogP contribution in [0.15, 0.2) is 41.8 Å². The van der Waals surface area contributed by atoms with E-state index in [2.05, 4.69) is 4.72 Å². The molecule has 0 aliphatic carbocycles. The molecular formula is C17H18ClNO5S. The van der Waals surface area contributed by atoms with Gasteiger partial charge in [0.2, 0.25) is 5.75 Å². The summed E-state index contributed by atoms with van der Waals surface area (Å²) in [5.41, 5.74) is 0.995. The van der Waals surface area contributed by atoms with Gasteiger partial charge < -0.3 is 14.2 Å². The molecule has 0 saturated carbocycles. The number of hydrogen-bond acceptors (Lipinski definition) is 5. The molecule has 2 aromatic carbocycles. The maximum absolute atomic E-state index is 12.3. The fourth-order valence-corrected chi connectivity index (χ4v) is 3.06. The Bertz CT molecular complexity index is 838. The topological polar surface area (TPSA) is 73.9 Å². The fourth-order valence-electron chi connectivity index (χ4n) is 2.08. The minimum atomic E-state index is -3.73. The van der Waals surface area contributed by atoms with Gasteiger partial charge in [-0.2, -0.15) is 0 Å². The lowest BCUT2D eigenvalue weighted by molar-refractivity contribution is 0.325. The van der Waals surface area contributed by atoms with Gasteiger partial charge in [0.05, 0.1) is 32.4 Å². The molecule has 0 atom stereocenters. The Morgan fingerprint density at radius 1 is 0.960 bits per heavy atom. The van der Waals surface area contributed by atoms with Crippen LogP contribution >= 0.6 is 11.6 Å². The Balaban J connectivity index is 2.26. The SMILES string of the molecule is COc1cc(NS(=O)(=O)/C=C/c2ccc(Cl)cc2)cc(OC)c1OC. The number of halogens is 1. The summed E-state index contributed by atoms with van der Waals surface area (Å²) in [4.78, 5) is 0. The van der Waals surface area contributed by atoms with Crippen LogP contribution in [0.2, 0.25) is 5.02 Å². The van der Waals surface area contributed by atoms with Gasteiger partial charge in [-0.25, -0.2) is 8.42 Å². The summed E-state index contributed by atoms with van der Waals surface area (Å²) in [6.45, 7) is 0. The highest BCUT2D eigenvalue weighted by Gasteiger charge is 2.15. The molecule has 0 aliphatic heterocycles. The summed E-state index contributed by atoms with van der Waals surface area (Å²) < 4.78 is 42.6. The van der Waals surface area contributed by atoms with Crippen LogP contribution in [-0.2, 0) is 10.0 Å². The third-order valence-corrected chi connectivity index (χ3v) is 4.50. The minimum Gasteiger partial charge on any atom is -0.493 e. The number of rotatable bonds is 7. The van der Waals surface area contributed by atoms with Gasteiger partial charge in [-0.1, -0.05) is 23.7 Å². The van der Waals surface area contributed by atoms with Crippen molar-refractivity contribution in [3.05, 3.63) is 52.4 Å². The second-order valence-electron chi connectivity index (χ2n) is 4.92. The van der Waals surface area contributed by atoms with Crippen molar-refractivity contribution in [2.45, 2.75) is 0 Å². The Morgan fingerprint density at radius 3 is 2.00 bits per heavy atom. The molecule has 0 spiro atoms. The normalized spacial score (nSPS) is 11.4. The third kappa shape index (κ3) is 5.04. The molecular weight excluding hydrogens is 366 g/mol. The summed E-state index contributed by atoms with van der Waals surface area (Å²) in [6, 6.07) is 9.81. The van der Waals surface area contributed by atoms with Crippen LogP contribution in [0.4, 0.5) is 5.69 Å². The first-order valence-electron chi connectivity index (χ1n) is 7.15. The predicted octanol–water partition coefficient (Wildman–Crippen LogP) is 3.78. The first-order valence-corrected chi connectivity index (χ1v) is 9.07. The van der Waals surface area contributed by atoms with E-state index >= 15 is 0 Å². The van der Waals surface area contributed by atoms with Gasteiger partial charge in [0.15, 0.2) is 11.5 Å². The summed E-state index contributed by atoms with van der Waals surface area (Å²) in [5.74, 6) is 1.08. The van der Waals surface area contributed by atoms with E-state index in [0.29, 0.717) is 27.8 Å². The number of methoxy groups -OCH3 is 3. The van der Waals surface area contributed by atoms with Crippen molar-refractivity contribution in [2.24, 2.45) is 0 Å². The van der Waals surface area contributed by atoms with Gasteiger partial charge >= 0.3 is 0 Å². The lowest BCUT2D eigenvalue weighted by Crippen LogP contribution is -2.09. The van der Waals surface area contributed by atoms with Crippen molar-refractivity contribution in [1.82, 2.24) is 0 Å². The van der Waals surface area contributed by atoms with Crippen LogP contribution < -0.4 is 18.9 Å². The molecule has 0 radical (unpaired) electrons. The van der Waals surface area contributed by atoms with Crippen LogP contribution in [0.3, 0.4) is 0 Å². The zero-order valence-electron chi connectivity index (χ0n) is 13.9. The Labute approximate surface area is 152 Å². The van der Waals surface area contributed by atoms with Crippen molar-refractivity contribution < 1.29 is 22.6 Å². The van der Waals surface area contributed by atoms with Gasteiger partial charge in [-0.3, -0.25) is 4.72 Å². The zero-order chi connectivity index (χ0) is 18.4. The molecule has 1 N–H and O–H groups in total. The van der Waals surface area contributed by atoms with Crippen LogP contribution in [0.25, 0.3) is 6.08 Å². The average molecular weight is 384 g/mol. The molecule has 2 aromatic rings. The molecule has 0 heterocycles. The zero-order valence-corrected chi connectivity index (χ0v) is 15.5. The van der Waals surface area contributed by atoms with E-state index < -0.39 is 10.0 Å². The molecule has 0 saturated heterocycles. The van der Waals surface area contributed by atoms with Gasteiger partial charge in [0.25, 0.3) is 10.0 Å². The second-order valence-corrected chi connectivity index (χ2v) is 6.92. The predicted molar refractivity (Wildman–Crippen MR) is 99.1 cm³/mol. The Hall–Kier alpha value is -2.38. The van der Waals surface area contributed by atoms with Gasteiger partial charge in [-0.15, -0.1) is 0 Å². The first kappa shape index (κ1) is 19.0. The highest BCUT2D eigenvalue weighted by atomic mass is 35.5. The monoisotopic (exact) mass is 383 g/mol. The standard InChI is InChI=1S/C17H18ClNO5S/c1-22-15-10-14(11-16(23-2)17(15)24-3)19-25(20,21)9-8-12-4-6-13(18)7-5-12/h4-11,19H,1-3H3/b9-8+. The van der Waals surface area contributed by atoms with E-state index in [0.717, 1.165) is 5.41 Å². The number of sulfonamides is 1. The number of anilines is 1. The minimum absolute atomic E-state index is 0.287. The molecule has 6 nitrogen and oxygen atoms in total. The molecule has 0 unspecified atom stereocenters. The van der Waals surface area contributed by atoms with Crippen molar-refractivity contribution in [2.75, 3.05) is 26.1 Å². The highest BCUT2D eigenvalue weighted by Crippen LogP contribution is 2.40. The van der Waals surface area contributed by atoms with Crippen LogP contribution in [0, 0.1) is 0 Å². The molecule has 134 valence electrons. The number of ether oxygens (including phenoxy) is 3. The van der Waals surface area contributed by atoms with Gasteiger partial charge in [0, 0.05) is 17.2 Å². The fraction of sp³-hybridized carbons (Fsp3) is 0.176. The quantitative estimate of drug-likeness (QED) is 0.787. The van der Waals surface area contributed by atoms with Crippen molar-refractivity contribution in [3.63, 3.8) is 0 Å². The molecule has 0 aliphatic rings. The maximum Gasteiger partial charge on any atom is 0.255 e. The molecule has 25 heavy (non-hydrogen) atoms. The summed E-state index contributed by atoms with van der Waals surface area (Å²) in [5, 5.41) is 1.65. The van der Waals surface area contributed by atoms with E-state index in [4.69, 9.17) is 25.8 Å². The molecule has 8 heteroatoms. The van der Waals surface area contributed by atoms with Gasteiger partial charge in [-0.05, 0) is 23.8 Å². The second kappa shape index (κ2) is 8.13.